The molecule has 0 aromatic carbocycles. The van der Waals surface area contributed by atoms with E-state index in [4.69, 9.17) is 37.0 Å². The Morgan fingerprint density at radius 1 is 0.295 bits per heavy atom. The first-order valence-electron chi connectivity index (χ1n) is 39.7. The summed E-state index contributed by atoms with van der Waals surface area (Å²) in [5, 5.41) is 10.6. The monoisotopic (exact) mass is 1400 g/mol. The predicted molar refractivity (Wildman–Crippen MR) is 386 cm³/mol. The molecule has 3 unspecified atom stereocenters. The van der Waals surface area contributed by atoms with Crippen LogP contribution in [0.15, 0.2) is 0 Å². The van der Waals surface area contributed by atoms with E-state index in [-0.39, 0.29) is 25.7 Å². The molecular weight excluding hydrogens is 1250 g/mol. The zero-order chi connectivity index (χ0) is 69.8. The molecule has 0 aromatic rings. The summed E-state index contributed by atoms with van der Waals surface area (Å²) >= 11 is 0. The average Bonchev–Trinajstić information content (AvgIpc) is 3.59. The minimum Gasteiger partial charge on any atom is -0.462 e. The molecule has 0 fully saturated rings. The van der Waals surface area contributed by atoms with Crippen molar-refractivity contribution >= 4 is 39.5 Å². The lowest BCUT2D eigenvalue weighted by Gasteiger charge is -2.21. The summed E-state index contributed by atoms with van der Waals surface area (Å²) in [5.74, 6) is -1.34. The lowest BCUT2D eigenvalue weighted by Crippen LogP contribution is -2.30. The molecule has 0 radical (unpaired) electrons. The SMILES string of the molecule is CCCCCCCCCCCCCCCCCCCCC(=O)O[C@H](COC(=O)CCCCCCCCCCCCCCC)COP(=O)(O)OC[C@@H](O)COP(=O)(O)OC[C@@H](COC(=O)CCCCCCCCCCCCCC)OC(=O)CCCCCCCCCCC(C)CC. The third-order valence-electron chi connectivity index (χ3n) is 18.1. The topological polar surface area (TPSA) is 237 Å². The van der Waals surface area contributed by atoms with Crippen molar-refractivity contribution in [3.63, 3.8) is 0 Å². The van der Waals surface area contributed by atoms with Crippen LogP contribution in [-0.2, 0) is 65.4 Å². The molecule has 0 rings (SSSR count). The van der Waals surface area contributed by atoms with Crippen molar-refractivity contribution in [2.45, 2.75) is 419 Å². The Bertz CT molecular complexity index is 1820. The lowest BCUT2D eigenvalue weighted by molar-refractivity contribution is -0.161. The number of carbonyl (C=O) groups is 4. The molecule has 0 saturated heterocycles. The first-order chi connectivity index (χ1) is 46.1. The molecule has 19 heteroatoms. The molecule has 0 saturated carbocycles. The van der Waals surface area contributed by atoms with Gasteiger partial charge in [0.05, 0.1) is 26.4 Å². The number of aliphatic hydroxyl groups is 1. The summed E-state index contributed by atoms with van der Waals surface area (Å²) in [4.78, 5) is 72.8. The molecule has 6 atom stereocenters. The van der Waals surface area contributed by atoms with Crippen LogP contribution in [0.4, 0.5) is 0 Å². The molecule has 17 nitrogen and oxygen atoms in total. The van der Waals surface area contributed by atoms with Crippen LogP contribution < -0.4 is 0 Å². The van der Waals surface area contributed by atoms with Crippen LogP contribution in [0, 0.1) is 5.92 Å². The average molecular weight is 1400 g/mol. The molecule has 3 N–H and O–H groups in total. The summed E-state index contributed by atoms with van der Waals surface area (Å²) < 4.78 is 68.5. The standard InChI is InChI=1S/C76H148O17P2/c1-6-10-13-16-19-22-25-28-29-30-31-32-34-37-40-46-51-56-61-75(80)92-71(65-86-74(79)60-55-50-45-39-36-33-26-23-20-17-14-11-7-2)67-90-94(82,83)88-63-70(77)64-89-95(84,85)91-68-72(93-76(81)62-57-52-47-42-41-43-48-53-58-69(5)9-4)66-87-73(78)59-54-49-44-38-35-27-24-21-18-15-12-8-3/h69-72,77H,6-68H2,1-5H3,(H,82,83)(H,84,85)/t69?,70-,71-,72-/m1/s1. The van der Waals surface area contributed by atoms with Crippen molar-refractivity contribution in [2.75, 3.05) is 39.6 Å². The highest BCUT2D eigenvalue weighted by Crippen LogP contribution is 2.45. The van der Waals surface area contributed by atoms with Crippen LogP contribution in [-0.4, -0.2) is 96.7 Å². The van der Waals surface area contributed by atoms with Gasteiger partial charge in [0.2, 0.25) is 0 Å². The maximum Gasteiger partial charge on any atom is 0.472 e. The Balaban J connectivity index is 5.24. The molecule has 0 aliphatic rings. The van der Waals surface area contributed by atoms with Gasteiger partial charge in [-0.15, -0.1) is 0 Å². The van der Waals surface area contributed by atoms with Gasteiger partial charge >= 0.3 is 39.5 Å². The highest BCUT2D eigenvalue weighted by molar-refractivity contribution is 7.47. The first-order valence-corrected chi connectivity index (χ1v) is 42.7. The molecule has 0 bridgehead atoms. The number of esters is 4. The number of hydrogen-bond acceptors (Lipinski definition) is 15. The first kappa shape index (κ1) is 93.1. The van der Waals surface area contributed by atoms with Gasteiger partial charge in [-0.1, -0.05) is 349 Å². The van der Waals surface area contributed by atoms with E-state index in [9.17, 15) is 43.2 Å². The Morgan fingerprint density at radius 3 is 0.747 bits per heavy atom. The van der Waals surface area contributed by atoms with Crippen LogP contribution in [0.3, 0.4) is 0 Å². The molecule has 0 spiro atoms. The van der Waals surface area contributed by atoms with E-state index in [1.54, 1.807) is 0 Å². The third kappa shape index (κ3) is 69.0. The second kappa shape index (κ2) is 69.2. The largest absolute Gasteiger partial charge is 0.472 e. The number of unbranched alkanes of at least 4 members (excludes halogenated alkanes) is 47. The van der Waals surface area contributed by atoms with Gasteiger partial charge in [0.25, 0.3) is 0 Å². The smallest absolute Gasteiger partial charge is 0.462 e. The molecule has 0 heterocycles. The molecule has 0 amide bonds. The second-order valence-electron chi connectivity index (χ2n) is 27.6. The zero-order valence-electron chi connectivity index (χ0n) is 61.8. The fourth-order valence-electron chi connectivity index (χ4n) is 11.7. The molecule has 0 aromatic heterocycles. The molecular formula is C76H148O17P2. The van der Waals surface area contributed by atoms with Crippen LogP contribution in [0.5, 0.6) is 0 Å². The van der Waals surface area contributed by atoms with E-state index in [0.717, 1.165) is 95.8 Å². The van der Waals surface area contributed by atoms with Gasteiger partial charge in [0.15, 0.2) is 12.2 Å². The van der Waals surface area contributed by atoms with Crippen molar-refractivity contribution in [2.24, 2.45) is 5.92 Å². The fourth-order valence-corrected chi connectivity index (χ4v) is 13.3. The Labute approximate surface area is 581 Å². The number of hydrogen-bond donors (Lipinski definition) is 3. The van der Waals surface area contributed by atoms with E-state index < -0.39 is 97.5 Å². The number of phosphoric acid groups is 2. The van der Waals surface area contributed by atoms with Gasteiger partial charge in [0.1, 0.15) is 19.3 Å². The van der Waals surface area contributed by atoms with E-state index in [1.165, 1.54) is 225 Å². The van der Waals surface area contributed by atoms with E-state index >= 15 is 0 Å². The quantitative estimate of drug-likeness (QED) is 0.0222. The fraction of sp³-hybridized carbons (Fsp3) is 0.947. The highest BCUT2D eigenvalue weighted by Gasteiger charge is 2.30. The number of ether oxygens (including phenoxy) is 4. The summed E-state index contributed by atoms with van der Waals surface area (Å²) in [5.41, 5.74) is 0. The summed E-state index contributed by atoms with van der Waals surface area (Å²) in [6.07, 6.45) is 58.1. The van der Waals surface area contributed by atoms with Gasteiger partial charge in [-0.25, -0.2) is 9.13 Å². The Morgan fingerprint density at radius 2 is 0.505 bits per heavy atom. The summed E-state index contributed by atoms with van der Waals surface area (Å²) in [7, 11) is -9.91. The minimum atomic E-state index is -4.96. The normalized spacial score (nSPS) is 14.2. The predicted octanol–water partition coefficient (Wildman–Crippen LogP) is 22.5. The molecule has 564 valence electrons. The van der Waals surface area contributed by atoms with E-state index in [1.807, 2.05) is 0 Å². The molecule has 0 aliphatic carbocycles. The Kier molecular flexibility index (Phi) is 67.7. The number of carbonyl (C=O) groups excluding carboxylic acids is 4. The van der Waals surface area contributed by atoms with Crippen LogP contribution in [0.25, 0.3) is 0 Å². The maximum absolute atomic E-state index is 13.1. The molecule has 95 heavy (non-hydrogen) atoms. The van der Waals surface area contributed by atoms with Gasteiger partial charge in [0, 0.05) is 25.7 Å². The van der Waals surface area contributed by atoms with Crippen molar-refractivity contribution in [1.29, 1.82) is 0 Å². The van der Waals surface area contributed by atoms with E-state index in [2.05, 4.69) is 34.6 Å². The number of aliphatic hydroxyl groups excluding tert-OH is 1. The number of phosphoric ester groups is 2. The lowest BCUT2D eigenvalue weighted by atomic mass is 9.99. The second-order valence-corrected chi connectivity index (χ2v) is 30.5. The molecule has 0 aliphatic heterocycles. The van der Waals surface area contributed by atoms with Crippen LogP contribution in [0.1, 0.15) is 401 Å². The van der Waals surface area contributed by atoms with Crippen molar-refractivity contribution in [3.8, 4) is 0 Å². The van der Waals surface area contributed by atoms with Gasteiger partial charge in [-0.05, 0) is 31.6 Å². The van der Waals surface area contributed by atoms with Crippen molar-refractivity contribution < 1.29 is 80.2 Å². The van der Waals surface area contributed by atoms with Gasteiger partial charge in [-0.2, -0.15) is 0 Å². The van der Waals surface area contributed by atoms with Crippen molar-refractivity contribution in [3.05, 3.63) is 0 Å². The maximum atomic E-state index is 13.1. The highest BCUT2D eigenvalue weighted by atomic mass is 31.2. The third-order valence-corrected chi connectivity index (χ3v) is 20.0. The van der Waals surface area contributed by atoms with Crippen LogP contribution in [0.2, 0.25) is 0 Å². The van der Waals surface area contributed by atoms with Gasteiger partial charge < -0.3 is 33.8 Å². The minimum absolute atomic E-state index is 0.106. The Hall–Kier alpha value is -1.94. The van der Waals surface area contributed by atoms with Gasteiger partial charge in [-0.3, -0.25) is 37.3 Å². The number of rotatable bonds is 76. The van der Waals surface area contributed by atoms with Crippen molar-refractivity contribution in [1.82, 2.24) is 0 Å². The zero-order valence-corrected chi connectivity index (χ0v) is 63.6. The van der Waals surface area contributed by atoms with Crippen LogP contribution >= 0.6 is 15.6 Å². The van der Waals surface area contributed by atoms with E-state index in [0.29, 0.717) is 25.7 Å². The summed E-state index contributed by atoms with van der Waals surface area (Å²) in [6.45, 7) is 7.30. The summed E-state index contributed by atoms with van der Waals surface area (Å²) in [6, 6.07) is 0.